The maximum Gasteiger partial charge on any atom is 0.335 e. The molecule has 0 aromatic carbocycles. The van der Waals surface area contributed by atoms with E-state index in [0.717, 1.165) is 0 Å². The van der Waals surface area contributed by atoms with Gasteiger partial charge in [0.2, 0.25) is 5.91 Å². The minimum Gasteiger partial charge on any atom is -0.479 e. The van der Waals surface area contributed by atoms with E-state index >= 15 is 0 Å². The Morgan fingerprint density at radius 1 is 1.11 bits per heavy atom. The summed E-state index contributed by atoms with van der Waals surface area (Å²) in [6.45, 7) is 4.26. The summed E-state index contributed by atoms with van der Waals surface area (Å²) in [5.41, 5.74) is 8.23. The molecule has 206 valence electrons. The minimum atomic E-state index is -1.70. The van der Waals surface area contributed by atoms with Crippen molar-refractivity contribution in [3.8, 4) is 0 Å². The first kappa shape index (κ1) is 30.1. The number of aliphatic carboxylic acids is 1. The number of ether oxygens (including phenoxy) is 5. The molecule has 10 atom stereocenters. The van der Waals surface area contributed by atoms with Crippen LogP contribution in [0.5, 0.6) is 0 Å². The zero-order valence-electron chi connectivity index (χ0n) is 20.3. The number of hydrogen-bond acceptors (Lipinski definition) is 12. The van der Waals surface area contributed by atoms with Crippen LogP contribution in [0.2, 0.25) is 0 Å². The molecule has 1 amide bonds. The highest BCUT2D eigenvalue weighted by Gasteiger charge is 2.52. The van der Waals surface area contributed by atoms with Crippen molar-refractivity contribution in [1.29, 1.82) is 0 Å². The van der Waals surface area contributed by atoms with E-state index in [-0.39, 0.29) is 19.7 Å². The number of carbonyl (C=O) groups excluding carboxylic acids is 1. The number of rotatable bonds is 13. The van der Waals surface area contributed by atoms with Crippen molar-refractivity contribution in [3.05, 3.63) is 10.4 Å². The van der Waals surface area contributed by atoms with E-state index in [9.17, 15) is 30.0 Å². The summed E-state index contributed by atoms with van der Waals surface area (Å²) < 4.78 is 27.3. The molecule has 2 heterocycles. The monoisotopic (exact) mass is 521 g/mol. The molecule has 0 aromatic rings. The first-order valence-electron chi connectivity index (χ1n) is 11.4. The first-order valence-corrected chi connectivity index (χ1v) is 11.4. The van der Waals surface area contributed by atoms with Gasteiger partial charge in [-0.25, -0.2) is 4.79 Å². The molecule has 0 aliphatic carbocycles. The van der Waals surface area contributed by atoms with Gasteiger partial charge in [0.05, 0.1) is 31.5 Å². The zero-order chi connectivity index (χ0) is 26.8. The van der Waals surface area contributed by atoms with Crippen LogP contribution in [-0.4, -0.2) is 133 Å². The number of amides is 1. The molecule has 2 fully saturated rings. The first-order chi connectivity index (χ1) is 17.1. The maximum atomic E-state index is 11.8. The average molecular weight is 522 g/mol. The van der Waals surface area contributed by atoms with Gasteiger partial charge < -0.3 is 54.7 Å². The average Bonchev–Trinajstić information content (AvgIpc) is 2.82. The SMILES string of the molecule is CO[C@@H]1C(C(=O)O)O[C@@H](OC2C(NC(C)=O)[C@H](C)OC(CNCCOCCN=[N+]=[N-])[C@H]2O)C(O)C1O. The van der Waals surface area contributed by atoms with Crippen LogP contribution in [-0.2, 0) is 33.3 Å². The second kappa shape index (κ2) is 14.6. The van der Waals surface area contributed by atoms with Gasteiger partial charge in [-0.05, 0) is 12.5 Å². The predicted octanol–water partition coefficient (Wildman–Crippen LogP) is -2.51. The molecule has 2 rings (SSSR count). The summed E-state index contributed by atoms with van der Waals surface area (Å²) in [4.78, 5) is 26.0. The van der Waals surface area contributed by atoms with Crippen LogP contribution in [0.3, 0.4) is 0 Å². The van der Waals surface area contributed by atoms with Gasteiger partial charge in [0, 0.05) is 38.6 Å². The number of nitrogens with one attached hydrogen (secondary N) is 2. The zero-order valence-corrected chi connectivity index (χ0v) is 20.3. The Kier molecular flexibility index (Phi) is 12.2. The molecule has 0 aromatic heterocycles. The van der Waals surface area contributed by atoms with Crippen LogP contribution in [0.1, 0.15) is 13.8 Å². The Morgan fingerprint density at radius 3 is 2.44 bits per heavy atom. The third-order valence-corrected chi connectivity index (χ3v) is 5.86. The summed E-state index contributed by atoms with van der Waals surface area (Å²) in [5, 5.41) is 50.4. The Morgan fingerprint density at radius 2 is 1.83 bits per heavy atom. The van der Waals surface area contributed by atoms with Gasteiger partial charge in [0.1, 0.15) is 30.5 Å². The molecular weight excluding hydrogens is 486 g/mol. The lowest BCUT2D eigenvalue weighted by atomic mass is 9.92. The summed E-state index contributed by atoms with van der Waals surface area (Å²) in [5.74, 6) is -1.87. The molecule has 0 spiro atoms. The molecule has 6 unspecified atom stereocenters. The second-order valence-electron chi connectivity index (χ2n) is 8.41. The van der Waals surface area contributed by atoms with Crippen molar-refractivity contribution < 1.29 is 53.7 Å². The number of methoxy groups -OCH3 is 1. The highest BCUT2D eigenvalue weighted by atomic mass is 16.7. The summed E-state index contributed by atoms with van der Waals surface area (Å²) >= 11 is 0. The maximum absolute atomic E-state index is 11.8. The Balaban J connectivity index is 2.08. The smallest absolute Gasteiger partial charge is 0.335 e. The number of azide groups is 1. The molecule has 2 aliphatic rings. The Labute approximate surface area is 207 Å². The van der Waals surface area contributed by atoms with Crippen molar-refractivity contribution in [2.75, 3.05) is 40.0 Å². The van der Waals surface area contributed by atoms with Crippen molar-refractivity contribution in [2.45, 2.75) is 75.0 Å². The highest BCUT2D eigenvalue weighted by Crippen LogP contribution is 2.30. The van der Waals surface area contributed by atoms with E-state index in [1.807, 2.05) is 0 Å². The van der Waals surface area contributed by atoms with Crippen molar-refractivity contribution >= 4 is 11.9 Å². The molecular formula is C20H35N5O11. The third kappa shape index (κ3) is 7.94. The third-order valence-electron chi connectivity index (χ3n) is 5.86. The van der Waals surface area contributed by atoms with Crippen LogP contribution >= 0.6 is 0 Å². The summed E-state index contributed by atoms with van der Waals surface area (Å²) in [6.07, 6.45) is -12.0. The molecule has 36 heavy (non-hydrogen) atoms. The van der Waals surface area contributed by atoms with Gasteiger partial charge in [-0.2, -0.15) is 0 Å². The Hall–Kier alpha value is -2.11. The summed E-state index contributed by atoms with van der Waals surface area (Å²) in [6, 6.07) is -0.880. The number of carbonyl (C=O) groups is 2. The van der Waals surface area contributed by atoms with Crippen LogP contribution < -0.4 is 10.6 Å². The van der Waals surface area contributed by atoms with Gasteiger partial charge in [-0.3, -0.25) is 4.79 Å². The predicted molar refractivity (Wildman–Crippen MR) is 120 cm³/mol. The second-order valence-corrected chi connectivity index (χ2v) is 8.41. The fraction of sp³-hybridized carbons (Fsp3) is 0.900. The number of aliphatic hydroxyl groups excluding tert-OH is 3. The fourth-order valence-corrected chi connectivity index (χ4v) is 4.11. The fourth-order valence-electron chi connectivity index (χ4n) is 4.11. The van der Waals surface area contributed by atoms with E-state index < -0.39 is 73.0 Å². The molecule has 16 nitrogen and oxygen atoms in total. The van der Waals surface area contributed by atoms with Crippen LogP contribution in [0.25, 0.3) is 10.4 Å². The highest BCUT2D eigenvalue weighted by molar-refractivity contribution is 5.73. The number of aliphatic hydroxyl groups is 3. The molecule has 2 aliphatic heterocycles. The van der Waals surface area contributed by atoms with E-state index in [1.54, 1.807) is 6.92 Å². The number of carboxylic acids is 1. The quantitative estimate of drug-likeness (QED) is 0.0638. The lowest BCUT2D eigenvalue weighted by Gasteiger charge is -2.47. The van der Waals surface area contributed by atoms with E-state index in [2.05, 4.69) is 20.7 Å². The molecule has 0 saturated carbocycles. The Bertz CT molecular complexity index is 770. The van der Waals surface area contributed by atoms with Gasteiger partial charge >= 0.3 is 5.97 Å². The van der Waals surface area contributed by atoms with Crippen LogP contribution in [0, 0.1) is 0 Å². The lowest BCUT2D eigenvalue weighted by Crippen LogP contribution is -2.68. The van der Waals surface area contributed by atoms with Gasteiger partial charge in [0.15, 0.2) is 12.4 Å². The topological polar surface area (TPSA) is 234 Å². The standard InChI is InChI=1S/C20H35N5O11/c1-9-12(24-10(2)26)16(13(27)11(34-9)8-22-4-6-33-7-5-23-25-21)35-20-15(29)14(28)17(32-3)18(36-20)19(30)31/h9,11-18,20,22,27-29H,4-8H2,1-3H3,(H,24,26)(H,30,31)/t9-,11?,12?,13+,14?,15?,16?,17-,18?,20+/m0/s1. The molecule has 6 N–H and O–H groups in total. The van der Waals surface area contributed by atoms with Gasteiger partial charge in [0.25, 0.3) is 0 Å². The van der Waals surface area contributed by atoms with E-state index in [0.29, 0.717) is 13.2 Å². The van der Waals surface area contributed by atoms with E-state index in [1.165, 1.54) is 14.0 Å². The molecule has 2 saturated heterocycles. The van der Waals surface area contributed by atoms with Crippen molar-refractivity contribution in [3.63, 3.8) is 0 Å². The largest absolute Gasteiger partial charge is 0.479 e. The normalized spacial score (nSPS) is 36.6. The minimum absolute atomic E-state index is 0.165. The van der Waals surface area contributed by atoms with Crippen LogP contribution in [0.4, 0.5) is 0 Å². The molecule has 16 heteroatoms. The van der Waals surface area contributed by atoms with Crippen molar-refractivity contribution in [2.24, 2.45) is 5.11 Å². The lowest BCUT2D eigenvalue weighted by molar-refractivity contribution is -0.326. The number of hydrogen-bond donors (Lipinski definition) is 6. The number of carboxylic acid groups (broad SMARTS) is 1. The van der Waals surface area contributed by atoms with Gasteiger partial charge in [-0.15, -0.1) is 0 Å². The summed E-state index contributed by atoms with van der Waals surface area (Å²) in [7, 11) is 1.17. The van der Waals surface area contributed by atoms with Crippen LogP contribution in [0.15, 0.2) is 5.11 Å². The van der Waals surface area contributed by atoms with Crippen molar-refractivity contribution in [1.82, 2.24) is 10.6 Å². The van der Waals surface area contributed by atoms with Gasteiger partial charge in [-0.1, -0.05) is 5.11 Å². The molecule has 0 radical (unpaired) electrons. The molecule has 0 bridgehead atoms. The van der Waals surface area contributed by atoms with E-state index in [4.69, 9.17) is 29.2 Å². The number of nitrogens with zero attached hydrogens (tertiary/aromatic N) is 3.